The second kappa shape index (κ2) is 24.9. The number of unbranched alkanes of at least 4 members (excludes halogenated alkanes) is 1. The molecule has 0 spiro atoms. The fourth-order valence-electron chi connectivity index (χ4n) is 6.34. The standard InChI is InChI=1S/C41H60N10O9S2/c1-21(2)33(41(60)49-32(20-62)40(59)51-34(22(3)52)35(44)54)50-37(56)29(10-6-7-15-42)46-39(58)31(17-24-18-45-28-9-5-4-8-26(24)28)48-38(57)30(47-36(55)27(43)19-61)16-23-11-13-25(53)14-12-23/h4-5,8-9,11-14,18,21-22,27,29-34,45,52-53,61-62H,6-7,10,15-17,19-20,42-43H2,1-3H3,(H2,44,54)(H,46,58)(H,47,55)(H,48,57)(H,49,60)(H,50,56)(H,51,59)/t22-,27+,29+,30+,31+,32+,33+,34+/m1/s1/i/hD. The van der Waals surface area contributed by atoms with E-state index in [1.807, 2.05) is 18.2 Å². The number of aliphatic hydroxyl groups excluding tert-OH is 1. The molecule has 0 saturated heterocycles. The van der Waals surface area contributed by atoms with Gasteiger partial charge in [-0.25, -0.2) is 0 Å². The van der Waals surface area contributed by atoms with E-state index in [0.717, 1.165) is 10.9 Å². The van der Waals surface area contributed by atoms with Crippen molar-refractivity contribution < 1.29 is 45.2 Å². The summed E-state index contributed by atoms with van der Waals surface area (Å²) in [5.41, 5.74) is 18.8. The maximum Gasteiger partial charge on any atom is 0.244 e. The molecule has 3 rings (SSSR count). The zero-order chi connectivity index (χ0) is 47.0. The van der Waals surface area contributed by atoms with Crippen molar-refractivity contribution in [1.82, 2.24) is 36.9 Å². The van der Waals surface area contributed by atoms with Gasteiger partial charge in [-0.05, 0) is 68.0 Å². The monoisotopic (exact) mass is 901 g/mol. The van der Waals surface area contributed by atoms with E-state index in [-0.39, 0.29) is 43.1 Å². The lowest BCUT2D eigenvalue weighted by Crippen LogP contribution is -2.61. The molecule has 1 heterocycles. The molecule has 0 aliphatic carbocycles. The molecule has 0 radical (unpaired) electrons. The van der Waals surface area contributed by atoms with Crippen LogP contribution in [-0.2, 0) is 46.4 Å². The maximum absolute atomic E-state index is 14.5. The van der Waals surface area contributed by atoms with Crippen LogP contribution < -0.4 is 49.1 Å². The highest BCUT2D eigenvalue weighted by Crippen LogP contribution is 2.20. The first-order valence-electron chi connectivity index (χ1n) is 20.6. The van der Waals surface area contributed by atoms with Gasteiger partial charge in [-0.1, -0.05) is 44.2 Å². The second-order valence-corrected chi connectivity index (χ2v) is 15.9. The van der Waals surface area contributed by atoms with Crippen molar-refractivity contribution in [2.24, 2.45) is 23.1 Å². The first-order valence-corrected chi connectivity index (χ1v) is 21.4. The topological polar surface area (TPSA) is 326 Å². The number of phenolic OH excluding ortho intramolecular Hbond substituents is 1. The Balaban J connectivity index is 1.96. The zero-order valence-electron chi connectivity index (χ0n) is 35.9. The van der Waals surface area contributed by atoms with Gasteiger partial charge in [0.05, 0.1) is 12.1 Å². The summed E-state index contributed by atoms with van der Waals surface area (Å²) < 4.78 is 8.69. The number of nitrogens with two attached hydrogens (primary N) is 3. The quantitative estimate of drug-likeness (QED) is 0.0340. The number of hydrogen-bond acceptors (Lipinski definition) is 13. The van der Waals surface area contributed by atoms with Crippen LogP contribution in [0.3, 0.4) is 0 Å². The number of carbonyl (C=O) groups excluding carboxylic acids is 7. The molecule has 19 nitrogen and oxygen atoms in total. The fourth-order valence-corrected chi connectivity index (χ4v) is 6.75. The molecule has 3 aromatic rings. The average molecular weight is 902 g/mol. The van der Waals surface area contributed by atoms with Crippen molar-refractivity contribution in [3.63, 3.8) is 0 Å². The van der Waals surface area contributed by atoms with Gasteiger partial charge in [0.1, 0.15) is 42.0 Å². The normalized spacial score (nSPS) is 15.4. The molecule has 0 aliphatic heterocycles. The van der Waals surface area contributed by atoms with Gasteiger partial charge in [0, 0.05) is 41.4 Å². The van der Waals surface area contributed by atoms with Crippen LogP contribution in [0.2, 0.25) is 1.41 Å². The highest BCUT2D eigenvalue weighted by atomic mass is 32.1. The van der Waals surface area contributed by atoms with E-state index in [0.29, 0.717) is 29.3 Å². The van der Waals surface area contributed by atoms with Crippen LogP contribution >= 0.6 is 25.3 Å². The van der Waals surface area contributed by atoms with E-state index >= 15 is 0 Å². The third-order valence-corrected chi connectivity index (χ3v) is 10.7. The summed E-state index contributed by atoms with van der Waals surface area (Å²) in [5, 5.41) is 33.8. The number of nitrogens with one attached hydrogen (secondary N) is 7. The Morgan fingerprint density at radius 1 is 0.726 bits per heavy atom. The third-order valence-electron chi connectivity index (χ3n) is 9.93. The minimum absolute atomic E-state index is 0.0468. The molecule has 1 aromatic heterocycles. The first kappa shape index (κ1) is 49.3. The van der Waals surface area contributed by atoms with Crippen molar-refractivity contribution in [2.75, 3.05) is 18.1 Å². The molecule has 0 saturated carbocycles. The van der Waals surface area contributed by atoms with Crippen LogP contribution in [0.25, 0.3) is 10.9 Å². The van der Waals surface area contributed by atoms with E-state index in [9.17, 15) is 43.8 Å². The van der Waals surface area contributed by atoms with Gasteiger partial charge in [-0.2, -0.15) is 25.3 Å². The molecule has 8 atom stereocenters. The number of aliphatic hydroxyl groups is 1. The van der Waals surface area contributed by atoms with Crippen molar-refractivity contribution in [2.45, 2.75) is 101 Å². The Morgan fingerprint density at radius 2 is 1.31 bits per heavy atom. The number of fused-ring (bicyclic) bond motifs is 1. The molecule has 62 heavy (non-hydrogen) atoms. The minimum atomic E-state index is -1.52. The lowest BCUT2D eigenvalue weighted by Gasteiger charge is -2.29. The van der Waals surface area contributed by atoms with E-state index in [1.54, 1.807) is 26.1 Å². The molecule has 7 amide bonds. The number of H-pyrrole nitrogens is 1. The van der Waals surface area contributed by atoms with E-state index in [1.165, 1.54) is 31.2 Å². The van der Waals surface area contributed by atoms with Crippen LogP contribution in [0.15, 0.2) is 54.7 Å². The van der Waals surface area contributed by atoms with Crippen LogP contribution in [0.1, 0.15) is 51.2 Å². The highest BCUT2D eigenvalue weighted by molar-refractivity contribution is 7.80. The molecular formula is C41H60N10O9S2. The number of aromatic hydroxyl groups is 1. The lowest BCUT2D eigenvalue weighted by molar-refractivity contribution is -0.136. The number of primary amides is 1. The van der Waals surface area contributed by atoms with Crippen molar-refractivity contribution in [1.29, 1.82) is 0 Å². The predicted octanol–water partition coefficient (Wildman–Crippen LogP) is -1.59. The average Bonchev–Trinajstić information content (AvgIpc) is 3.66. The number of aromatic nitrogens is 1. The number of hydrogen-bond donors (Lipinski definition) is 14. The number of aromatic amines is 1. The molecule has 340 valence electrons. The van der Waals surface area contributed by atoms with Gasteiger partial charge >= 0.3 is 0 Å². The number of phenols is 1. The molecule has 21 heteroatoms. The van der Waals surface area contributed by atoms with Gasteiger partial charge in [-0.15, -0.1) is 0 Å². The highest BCUT2D eigenvalue weighted by Gasteiger charge is 2.35. The van der Waals surface area contributed by atoms with Crippen molar-refractivity contribution >= 4 is 77.5 Å². The van der Waals surface area contributed by atoms with Gasteiger partial charge in [0.15, 0.2) is 1.41 Å². The molecule has 0 unspecified atom stereocenters. The van der Waals surface area contributed by atoms with Crippen molar-refractivity contribution in [3.8, 4) is 5.75 Å². The van der Waals surface area contributed by atoms with Crippen LogP contribution in [0.4, 0.5) is 0 Å². The van der Waals surface area contributed by atoms with E-state index in [2.05, 4.69) is 56.8 Å². The zero-order valence-corrected chi connectivity index (χ0v) is 36.7. The number of benzene rings is 2. The molecule has 0 aliphatic rings. The molecule has 0 bridgehead atoms. The molecule has 2 aromatic carbocycles. The predicted molar refractivity (Wildman–Crippen MR) is 240 cm³/mol. The Hall–Kier alpha value is -5.35. The van der Waals surface area contributed by atoms with Crippen LogP contribution in [-0.4, -0.2) is 123 Å². The smallest absolute Gasteiger partial charge is 0.244 e. The summed E-state index contributed by atoms with van der Waals surface area (Å²) in [4.78, 5) is 97.5. The largest absolute Gasteiger partial charge is 0.508 e. The number of amides is 7. The number of para-hydroxylation sites is 1. The summed E-state index contributed by atoms with van der Waals surface area (Å²) in [5.74, 6) is -6.97. The summed E-state index contributed by atoms with van der Waals surface area (Å²) in [7, 11) is 0. The van der Waals surface area contributed by atoms with Gasteiger partial charge in [-0.3, -0.25) is 33.6 Å². The molecule has 0 fully saturated rings. The summed E-state index contributed by atoms with van der Waals surface area (Å²) in [6.07, 6.45) is 0.930. The van der Waals surface area contributed by atoms with Crippen molar-refractivity contribution in [3.05, 3.63) is 65.9 Å². The summed E-state index contributed by atoms with van der Waals surface area (Å²) in [6, 6.07) is 3.64. The van der Waals surface area contributed by atoms with E-state index < -0.39 is 95.7 Å². The molecule has 15 N–H and O–H groups in total. The van der Waals surface area contributed by atoms with Gasteiger partial charge in [0.2, 0.25) is 41.4 Å². The van der Waals surface area contributed by atoms with Crippen LogP contribution in [0, 0.1) is 5.92 Å². The number of rotatable bonds is 25. The Labute approximate surface area is 372 Å². The number of carbonyl (C=O) groups is 7. The van der Waals surface area contributed by atoms with E-state index in [4.69, 9.17) is 18.6 Å². The first-order chi connectivity index (χ1) is 29.8. The Kier molecular flexibility index (Phi) is 19.8. The summed E-state index contributed by atoms with van der Waals surface area (Å²) >= 11 is 8.22. The second-order valence-electron chi connectivity index (χ2n) is 15.2. The fraction of sp³-hybridized carbons (Fsp3) is 0.488. The summed E-state index contributed by atoms with van der Waals surface area (Å²) in [6.45, 7) is 4.81. The maximum atomic E-state index is 14.5. The number of thiol groups is 2. The lowest BCUT2D eigenvalue weighted by atomic mass is 10.00. The minimum Gasteiger partial charge on any atom is -0.508 e. The SMILES string of the molecule is [2H]N(C(=O)[C@@H](N)CS)[C@@H](Cc1ccc(O)cc1)C(=O)N[C@@H](Cc1c[nH]c2ccccc12)C(=O)N[C@@H](CCCCN)C(=O)N[C@H](C(=O)N[C@@H](CS)C(=O)N[C@H](C(N)=O)[C@@H](C)O)C(C)C. The molecular weight excluding hydrogens is 841 g/mol. The van der Waals surface area contributed by atoms with Crippen LogP contribution in [0.5, 0.6) is 5.75 Å². The van der Waals surface area contributed by atoms with Gasteiger partial charge < -0.3 is 64.3 Å². The Morgan fingerprint density at radius 3 is 1.90 bits per heavy atom. The van der Waals surface area contributed by atoms with Gasteiger partial charge in [0.25, 0.3) is 0 Å². The Bertz CT molecular complexity index is 2040. The third kappa shape index (κ3) is 15.2.